The van der Waals surface area contributed by atoms with E-state index in [9.17, 15) is 13.6 Å². The van der Waals surface area contributed by atoms with Crippen molar-refractivity contribution in [3.63, 3.8) is 0 Å². The van der Waals surface area contributed by atoms with Gasteiger partial charge in [-0.1, -0.05) is 6.07 Å². The van der Waals surface area contributed by atoms with Crippen LogP contribution >= 0.6 is 11.3 Å². The molecule has 0 saturated carbocycles. The summed E-state index contributed by atoms with van der Waals surface area (Å²) in [6, 6.07) is 4.84. The maximum absolute atomic E-state index is 13.9. The molecule has 140 valence electrons. The number of anilines is 2. The summed E-state index contributed by atoms with van der Waals surface area (Å²) in [5.41, 5.74) is 1.26. The Bertz CT molecular complexity index is 958. The third-order valence-electron chi connectivity index (χ3n) is 3.54. The topological polar surface area (TPSA) is 84.3 Å². The van der Waals surface area contributed by atoms with E-state index in [-0.39, 0.29) is 18.6 Å². The standard InChI is InChI=1S/C18H15F2N3O3S/c1-10-9-27-18(22-10)23-15-7-14(11(8-21-15)5-6-16(24)25)26-17-12(19)3-2-4-13(17)20/h2-4,7-9H,5-6H2,1H3,(H,24,25)(H,21,22,23). The number of aryl methyl sites for hydroxylation is 2. The number of nitrogens with zero attached hydrogens (tertiary/aromatic N) is 2. The highest BCUT2D eigenvalue weighted by Gasteiger charge is 2.16. The largest absolute Gasteiger partial charge is 0.481 e. The van der Waals surface area contributed by atoms with Crippen LogP contribution < -0.4 is 10.1 Å². The fraction of sp³-hybridized carbons (Fsp3) is 0.167. The van der Waals surface area contributed by atoms with E-state index in [1.54, 1.807) is 0 Å². The first-order valence-corrected chi connectivity index (χ1v) is 8.82. The number of rotatable bonds is 7. The van der Waals surface area contributed by atoms with Crippen molar-refractivity contribution in [3.05, 3.63) is 58.7 Å². The number of aliphatic carboxylic acids is 1. The van der Waals surface area contributed by atoms with Gasteiger partial charge in [0.05, 0.1) is 5.69 Å². The monoisotopic (exact) mass is 391 g/mol. The molecule has 2 aromatic heterocycles. The summed E-state index contributed by atoms with van der Waals surface area (Å²) in [4.78, 5) is 19.3. The quantitative estimate of drug-likeness (QED) is 0.608. The summed E-state index contributed by atoms with van der Waals surface area (Å²) in [5, 5.41) is 14.3. The molecular formula is C18H15F2N3O3S. The van der Waals surface area contributed by atoms with Gasteiger partial charge in [0.1, 0.15) is 11.6 Å². The number of halogens is 2. The Labute approximate surface area is 157 Å². The van der Waals surface area contributed by atoms with Crippen LogP contribution in [-0.4, -0.2) is 21.0 Å². The lowest BCUT2D eigenvalue weighted by molar-refractivity contribution is -0.136. The van der Waals surface area contributed by atoms with Gasteiger partial charge in [-0.2, -0.15) is 0 Å². The predicted molar refractivity (Wildman–Crippen MR) is 96.8 cm³/mol. The molecule has 6 nitrogen and oxygen atoms in total. The van der Waals surface area contributed by atoms with Gasteiger partial charge >= 0.3 is 5.97 Å². The van der Waals surface area contributed by atoms with Gasteiger partial charge in [0.25, 0.3) is 0 Å². The molecular weight excluding hydrogens is 376 g/mol. The number of carbonyl (C=O) groups is 1. The number of ether oxygens (including phenoxy) is 1. The van der Waals surface area contributed by atoms with Crippen molar-refractivity contribution >= 4 is 28.3 Å². The summed E-state index contributed by atoms with van der Waals surface area (Å²) in [5.74, 6) is -2.81. The Hall–Kier alpha value is -3.07. The molecule has 0 aliphatic heterocycles. The summed E-state index contributed by atoms with van der Waals surface area (Å²) < 4.78 is 33.3. The van der Waals surface area contributed by atoms with E-state index < -0.39 is 23.4 Å². The zero-order valence-electron chi connectivity index (χ0n) is 14.2. The van der Waals surface area contributed by atoms with Crippen molar-refractivity contribution in [2.75, 3.05) is 5.32 Å². The molecule has 0 unspecified atom stereocenters. The second-order valence-electron chi connectivity index (χ2n) is 5.64. The molecule has 0 atom stereocenters. The number of pyridine rings is 1. The van der Waals surface area contributed by atoms with Crippen LogP contribution in [0.5, 0.6) is 11.5 Å². The molecule has 0 saturated heterocycles. The minimum absolute atomic E-state index is 0.102. The zero-order chi connectivity index (χ0) is 19.4. The lowest BCUT2D eigenvalue weighted by Crippen LogP contribution is -2.03. The Morgan fingerprint density at radius 3 is 2.70 bits per heavy atom. The van der Waals surface area contributed by atoms with E-state index in [4.69, 9.17) is 9.84 Å². The van der Waals surface area contributed by atoms with E-state index >= 15 is 0 Å². The number of nitrogens with one attached hydrogen (secondary N) is 1. The van der Waals surface area contributed by atoms with Gasteiger partial charge in [0.2, 0.25) is 0 Å². The van der Waals surface area contributed by atoms with E-state index in [2.05, 4.69) is 15.3 Å². The molecule has 27 heavy (non-hydrogen) atoms. The Morgan fingerprint density at radius 1 is 1.33 bits per heavy atom. The maximum atomic E-state index is 13.9. The molecule has 2 N–H and O–H groups in total. The van der Waals surface area contributed by atoms with Crippen LogP contribution in [0, 0.1) is 18.6 Å². The van der Waals surface area contributed by atoms with E-state index in [0.29, 0.717) is 16.5 Å². The van der Waals surface area contributed by atoms with Crippen LogP contribution in [0.25, 0.3) is 0 Å². The average Bonchev–Trinajstić information content (AvgIpc) is 3.02. The molecule has 0 fully saturated rings. The molecule has 0 bridgehead atoms. The second kappa shape index (κ2) is 8.09. The van der Waals surface area contributed by atoms with Gasteiger partial charge in [-0.15, -0.1) is 11.3 Å². The normalized spacial score (nSPS) is 10.6. The average molecular weight is 391 g/mol. The van der Waals surface area contributed by atoms with Crippen LogP contribution in [0.3, 0.4) is 0 Å². The van der Waals surface area contributed by atoms with Crippen LogP contribution in [0.2, 0.25) is 0 Å². The first-order chi connectivity index (χ1) is 12.9. The fourth-order valence-corrected chi connectivity index (χ4v) is 2.96. The third-order valence-corrected chi connectivity index (χ3v) is 4.41. The van der Waals surface area contributed by atoms with Gasteiger partial charge in [-0.25, -0.2) is 18.7 Å². The first-order valence-electron chi connectivity index (χ1n) is 7.94. The molecule has 0 radical (unpaired) electrons. The lowest BCUT2D eigenvalue weighted by Gasteiger charge is -2.13. The molecule has 3 rings (SSSR count). The second-order valence-corrected chi connectivity index (χ2v) is 6.50. The molecule has 1 aromatic carbocycles. The van der Waals surface area contributed by atoms with Gasteiger partial charge < -0.3 is 15.2 Å². The number of thiazole rings is 1. The van der Waals surface area contributed by atoms with E-state index in [0.717, 1.165) is 17.8 Å². The molecule has 0 amide bonds. The number of hydrogen-bond donors (Lipinski definition) is 2. The van der Waals surface area contributed by atoms with Gasteiger partial charge in [0, 0.05) is 29.6 Å². The fourth-order valence-electron chi connectivity index (χ4n) is 2.27. The first kappa shape index (κ1) is 18.7. The van der Waals surface area contributed by atoms with E-state index in [1.165, 1.54) is 29.7 Å². The minimum atomic E-state index is -1.00. The van der Waals surface area contributed by atoms with Crippen LogP contribution in [-0.2, 0) is 11.2 Å². The van der Waals surface area contributed by atoms with Crippen molar-refractivity contribution in [1.82, 2.24) is 9.97 Å². The molecule has 0 spiro atoms. The van der Waals surface area contributed by atoms with Gasteiger partial charge in [-0.3, -0.25) is 4.79 Å². The van der Waals surface area contributed by atoms with Crippen LogP contribution in [0.4, 0.5) is 19.7 Å². The summed E-state index contributed by atoms with van der Waals surface area (Å²) in [7, 11) is 0. The molecule has 2 heterocycles. The number of aromatic nitrogens is 2. The highest BCUT2D eigenvalue weighted by atomic mass is 32.1. The third kappa shape index (κ3) is 4.76. The van der Waals surface area contributed by atoms with E-state index in [1.807, 2.05) is 12.3 Å². The van der Waals surface area contributed by atoms with Crippen molar-refractivity contribution in [2.45, 2.75) is 19.8 Å². The zero-order valence-corrected chi connectivity index (χ0v) is 15.0. The number of hydrogen-bond acceptors (Lipinski definition) is 6. The highest BCUT2D eigenvalue weighted by molar-refractivity contribution is 7.13. The molecule has 0 aliphatic carbocycles. The molecule has 9 heteroatoms. The molecule has 3 aromatic rings. The van der Waals surface area contributed by atoms with Gasteiger partial charge in [-0.05, 0) is 25.5 Å². The number of para-hydroxylation sites is 1. The van der Waals surface area contributed by atoms with Crippen molar-refractivity contribution in [2.24, 2.45) is 0 Å². The van der Waals surface area contributed by atoms with Crippen LogP contribution in [0.15, 0.2) is 35.8 Å². The van der Waals surface area contributed by atoms with Crippen molar-refractivity contribution in [1.29, 1.82) is 0 Å². The van der Waals surface area contributed by atoms with Crippen molar-refractivity contribution < 1.29 is 23.4 Å². The summed E-state index contributed by atoms with van der Waals surface area (Å²) >= 11 is 1.38. The highest BCUT2D eigenvalue weighted by Crippen LogP contribution is 2.32. The summed E-state index contributed by atoms with van der Waals surface area (Å²) in [6.45, 7) is 1.85. The van der Waals surface area contributed by atoms with Crippen molar-refractivity contribution in [3.8, 4) is 11.5 Å². The maximum Gasteiger partial charge on any atom is 0.303 e. The number of benzene rings is 1. The van der Waals surface area contributed by atoms with Crippen LogP contribution in [0.1, 0.15) is 17.7 Å². The number of carboxylic acid groups (broad SMARTS) is 1. The smallest absolute Gasteiger partial charge is 0.303 e. The Kier molecular flexibility index (Phi) is 5.60. The van der Waals surface area contributed by atoms with Gasteiger partial charge in [0.15, 0.2) is 22.5 Å². The minimum Gasteiger partial charge on any atom is -0.481 e. The predicted octanol–water partition coefficient (Wildman–Crippen LogP) is 4.68. The molecule has 0 aliphatic rings. The number of carboxylic acids is 1. The Morgan fingerprint density at radius 2 is 2.07 bits per heavy atom. The summed E-state index contributed by atoms with van der Waals surface area (Å²) in [6.07, 6.45) is 1.35. The Balaban J connectivity index is 1.93. The lowest BCUT2D eigenvalue weighted by atomic mass is 10.1. The SMILES string of the molecule is Cc1csc(Nc2cc(Oc3c(F)cccc3F)c(CCC(=O)O)cn2)n1.